The Labute approximate surface area is 190 Å². The van der Waals surface area contributed by atoms with Gasteiger partial charge in [-0.3, -0.25) is 9.37 Å². The minimum atomic E-state index is -2.65. The van der Waals surface area contributed by atoms with Gasteiger partial charge < -0.3 is 10.4 Å². The number of benzene rings is 1. The first-order valence-electron chi connectivity index (χ1n) is 9.72. The van der Waals surface area contributed by atoms with Crippen LogP contribution in [-0.4, -0.2) is 39.7 Å². The van der Waals surface area contributed by atoms with Gasteiger partial charge in [-0.15, -0.1) is 0 Å². The maximum atomic E-state index is 13.5. The molecule has 0 unspecified atom stereocenters. The van der Waals surface area contributed by atoms with Crippen LogP contribution >= 0.6 is 11.6 Å². The molecular weight excluding hydrogens is 441 g/mol. The quantitative estimate of drug-likeness (QED) is 0.430. The van der Waals surface area contributed by atoms with Gasteiger partial charge >= 0.3 is 0 Å². The molecule has 0 spiro atoms. The van der Waals surface area contributed by atoms with Gasteiger partial charge in [0.2, 0.25) is 0 Å². The summed E-state index contributed by atoms with van der Waals surface area (Å²) in [4.78, 5) is 12.9. The van der Waals surface area contributed by atoms with Gasteiger partial charge in [-0.05, 0) is 45.4 Å². The average Bonchev–Trinajstić information content (AvgIpc) is 2.74. The van der Waals surface area contributed by atoms with Gasteiger partial charge in [0.25, 0.3) is 6.43 Å². The maximum absolute atomic E-state index is 13.5. The first-order chi connectivity index (χ1) is 15.0. The van der Waals surface area contributed by atoms with Crippen molar-refractivity contribution in [2.24, 2.45) is 0 Å². The number of anilines is 1. The summed E-state index contributed by atoms with van der Waals surface area (Å²) in [6, 6.07) is 4.20. The molecule has 3 aromatic rings. The molecule has 0 bridgehead atoms. The molecule has 0 saturated heterocycles. The molecular formula is C23H26ClF3N4O. The number of aliphatic hydroxyl groups is 1. The lowest BCUT2D eigenvalue weighted by Gasteiger charge is -2.22. The highest BCUT2D eigenvalue weighted by Gasteiger charge is 2.24. The van der Waals surface area contributed by atoms with Crippen molar-refractivity contribution in [2.75, 3.05) is 12.5 Å². The van der Waals surface area contributed by atoms with Crippen molar-refractivity contribution in [3.8, 4) is 11.1 Å². The van der Waals surface area contributed by atoms with Crippen LogP contribution < -0.4 is 5.32 Å². The topological polar surface area (TPSA) is 70.9 Å². The Balaban J connectivity index is 0.00000176. The molecule has 0 aliphatic heterocycles. The summed E-state index contributed by atoms with van der Waals surface area (Å²) in [5.41, 5.74) is 2.15. The zero-order chi connectivity index (χ0) is 24.2. The van der Waals surface area contributed by atoms with Gasteiger partial charge in [0.15, 0.2) is 5.82 Å². The molecule has 0 aliphatic rings. The third-order valence-corrected chi connectivity index (χ3v) is 5.17. The van der Waals surface area contributed by atoms with Crippen LogP contribution in [0, 0.1) is 6.92 Å². The number of aryl methyl sites for hydroxylation is 1. The molecule has 2 heterocycles. The fourth-order valence-electron chi connectivity index (χ4n) is 3.03. The average molecular weight is 467 g/mol. The molecule has 9 heteroatoms. The van der Waals surface area contributed by atoms with Gasteiger partial charge in [0.1, 0.15) is 11.6 Å². The molecule has 3 rings (SSSR count). The Hall–Kier alpha value is -2.71. The second kappa shape index (κ2) is 10.3. The van der Waals surface area contributed by atoms with Crippen molar-refractivity contribution in [2.45, 2.75) is 45.8 Å². The Morgan fingerprint density at radius 2 is 1.75 bits per heavy atom. The van der Waals surface area contributed by atoms with Crippen LogP contribution in [0.4, 0.5) is 18.9 Å². The monoisotopic (exact) mass is 466 g/mol. The maximum Gasteiger partial charge on any atom is 0.262 e. The van der Waals surface area contributed by atoms with Gasteiger partial charge in [-0.1, -0.05) is 29.8 Å². The van der Waals surface area contributed by atoms with Gasteiger partial charge in [-0.2, -0.15) is 0 Å². The van der Waals surface area contributed by atoms with E-state index in [1.807, 2.05) is 6.07 Å². The first-order valence-corrected chi connectivity index (χ1v) is 10.1. The summed E-state index contributed by atoms with van der Waals surface area (Å²) in [5, 5.41) is 13.8. The number of hydrogen-bond acceptors (Lipinski definition) is 5. The number of pyridine rings is 1. The Morgan fingerprint density at radius 1 is 1.16 bits per heavy atom. The normalized spacial score (nSPS) is 12.3. The summed E-state index contributed by atoms with van der Waals surface area (Å²) >= 11 is 6.44. The molecule has 0 fully saturated rings. The van der Waals surface area contributed by atoms with E-state index in [2.05, 4.69) is 26.8 Å². The van der Waals surface area contributed by atoms with Crippen molar-refractivity contribution < 1.29 is 18.3 Å². The number of aromatic nitrogens is 3. The molecule has 32 heavy (non-hydrogen) atoms. The summed E-state index contributed by atoms with van der Waals surface area (Å²) in [5.74, 6) is 0.302. The molecule has 172 valence electrons. The number of rotatable bonds is 6. The Bertz CT molecular complexity index is 1100. The third kappa shape index (κ3) is 5.55. The van der Waals surface area contributed by atoms with Crippen molar-refractivity contribution in [3.05, 3.63) is 59.3 Å². The lowest BCUT2D eigenvalue weighted by atomic mass is 10.0. The van der Waals surface area contributed by atoms with E-state index in [1.54, 1.807) is 52.2 Å². The minimum Gasteiger partial charge on any atom is -0.382 e. The summed E-state index contributed by atoms with van der Waals surface area (Å²) in [6.45, 7) is 10.1. The number of hydrogen-bond donors (Lipinski definition) is 2. The predicted octanol–water partition coefficient (Wildman–Crippen LogP) is 6.09. The van der Waals surface area contributed by atoms with Crippen LogP contribution in [-0.2, 0) is 5.60 Å². The molecule has 0 aliphatic carbocycles. The smallest absolute Gasteiger partial charge is 0.262 e. The van der Waals surface area contributed by atoms with Crippen molar-refractivity contribution >= 4 is 28.2 Å². The minimum absolute atomic E-state index is 0.278. The van der Waals surface area contributed by atoms with Crippen molar-refractivity contribution in [3.63, 3.8) is 0 Å². The lowest BCUT2D eigenvalue weighted by Crippen LogP contribution is -2.29. The molecule has 2 N–H and O–H groups in total. The molecule has 0 saturated carbocycles. The predicted molar refractivity (Wildman–Crippen MR) is 123 cm³/mol. The highest BCUT2D eigenvalue weighted by Crippen LogP contribution is 2.36. The fraction of sp³-hybridized carbons (Fsp3) is 0.348. The van der Waals surface area contributed by atoms with E-state index in [0.29, 0.717) is 46.4 Å². The highest BCUT2D eigenvalue weighted by molar-refractivity contribution is 6.35. The van der Waals surface area contributed by atoms with Crippen LogP contribution in [0.25, 0.3) is 22.0 Å². The number of halogens is 4. The van der Waals surface area contributed by atoms with Crippen LogP contribution in [0.15, 0.2) is 42.7 Å². The van der Waals surface area contributed by atoms with E-state index in [9.17, 15) is 18.3 Å². The van der Waals surface area contributed by atoms with Crippen molar-refractivity contribution in [1.29, 1.82) is 0 Å². The van der Waals surface area contributed by atoms with E-state index in [4.69, 9.17) is 11.6 Å². The first kappa shape index (κ1) is 25.5. The fourth-order valence-corrected chi connectivity index (χ4v) is 3.23. The molecule has 1 atom stereocenters. The van der Waals surface area contributed by atoms with Crippen LogP contribution in [0.2, 0.25) is 5.02 Å². The molecule has 1 aromatic carbocycles. The summed E-state index contributed by atoms with van der Waals surface area (Å²) in [7, 11) is 0.500. The van der Waals surface area contributed by atoms with Crippen LogP contribution in [0.1, 0.15) is 32.3 Å². The highest BCUT2D eigenvalue weighted by atomic mass is 35.5. The third-order valence-electron chi connectivity index (χ3n) is 4.71. The van der Waals surface area contributed by atoms with E-state index < -0.39 is 18.1 Å². The van der Waals surface area contributed by atoms with Gasteiger partial charge in [-0.25, -0.2) is 18.7 Å². The molecule has 0 amide bonds. The largest absolute Gasteiger partial charge is 0.382 e. The molecule has 5 nitrogen and oxygen atoms in total. The Morgan fingerprint density at radius 3 is 2.25 bits per heavy atom. The summed E-state index contributed by atoms with van der Waals surface area (Å²) < 4.78 is 36.6. The second-order valence-corrected chi connectivity index (χ2v) is 8.15. The van der Waals surface area contributed by atoms with E-state index in [-0.39, 0.29) is 5.02 Å². The number of alkyl halides is 3. The van der Waals surface area contributed by atoms with Gasteiger partial charge in [0.05, 0.1) is 29.1 Å². The zero-order valence-corrected chi connectivity index (χ0v) is 19.3. The van der Waals surface area contributed by atoms with E-state index in [0.717, 1.165) is 5.56 Å². The number of nitrogens with one attached hydrogen (secondary N) is 1. The second-order valence-electron chi connectivity index (χ2n) is 7.78. The number of nitrogens with zero attached hydrogens (tertiary/aromatic N) is 3. The van der Waals surface area contributed by atoms with Gasteiger partial charge in [0, 0.05) is 23.3 Å². The van der Waals surface area contributed by atoms with Crippen molar-refractivity contribution in [1.82, 2.24) is 15.0 Å². The lowest BCUT2D eigenvalue weighted by molar-refractivity contribution is 0.0687. The van der Waals surface area contributed by atoms with E-state index >= 15 is 0 Å². The SMILES string of the molecule is C=C(C)[C@H](Nc1c(Cl)c(C)nc2ccc(-c3cnc(C(C)(C)O)nc3)cc12)C(F)F.CF. The standard InChI is InChI=1S/C22H23ClF2N4O.CH3F/c1-11(2)18(20(24)25)29-19-15-8-13(6-7-16(15)28-12(3)17(19)23)14-9-26-21(27-10-14)22(4,5)30;1-2/h6-10,18,20,30H,1H2,2-5H3,(H,28,29);1H3/t18-;/m0./s1. The zero-order valence-electron chi connectivity index (χ0n) is 18.5. The summed E-state index contributed by atoms with van der Waals surface area (Å²) in [6.07, 6.45) is 0.564. The van der Waals surface area contributed by atoms with Crippen LogP contribution in [0.5, 0.6) is 0 Å². The van der Waals surface area contributed by atoms with E-state index in [1.165, 1.54) is 0 Å². The van der Waals surface area contributed by atoms with Crippen LogP contribution in [0.3, 0.4) is 0 Å². The number of fused-ring (bicyclic) bond motifs is 1. The molecule has 0 radical (unpaired) electrons. The molecule has 2 aromatic heterocycles. The Kier molecular flexibility index (Phi) is 8.20.